The molecule has 1 aromatic rings. The predicted molar refractivity (Wildman–Crippen MR) is 38.0 cm³/mol. The predicted octanol–water partition coefficient (Wildman–Crippen LogP) is 1.30. The first kappa shape index (κ1) is 7.40. The van der Waals surface area contributed by atoms with Crippen LogP contribution in [0, 0.1) is 4.77 Å². The molecule has 3 nitrogen and oxygen atoms in total. The number of hydrogen-bond acceptors (Lipinski definition) is 2. The Labute approximate surface area is 62.9 Å². The molecule has 0 aliphatic rings. The number of nitrogens with one attached hydrogen (secondary N) is 1. The van der Waals surface area contributed by atoms with Gasteiger partial charge < -0.3 is 4.57 Å². The lowest BCUT2D eigenvalue weighted by molar-refractivity contribution is 0.445. The Kier molecular flexibility index (Phi) is 2.56. The van der Waals surface area contributed by atoms with Gasteiger partial charge in [0.2, 0.25) is 0 Å². The highest BCUT2D eigenvalue weighted by Gasteiger charge is 1.91. The van der Waals surface area contributed by atoms with Crippen molar-refractivity contribution >= 4 is 12.2 Å². The van der Waals surface area contributed by atoms with Crippen LogP contribution in [0.3, 0.4) is 0 Å². The van der Waals surface area contributed by atoms with E-state index < -0.39 is 0 Å². The van der Waals surface area contributed by atoms with Crippen molar-refractivity contribution in [3.8, 4) is 0 Å². The average Bonchev–Trinajstić information content (AvgIpc) is 2.31. The van der Waals surface area contributed by atoms with Crippen LogP contribution in [-0.4, -0.2) is 21.4 Å². The summed E-state index contributed by atoms with van der Waals surface area (Å²) >= 11 is 4.82. The molecule has 10 heavy (non-hydrogen) atoms. The minimum atomic E-state index is -0.313. The van der Waals surface area contributed by atoms with Gasteiger partial charge in [-0.05, 0) is 18.6 Å². The lowest BCUT2D eigenvalue weighted by Crippen LogP contribution is -1.96. The van der Waals surface area contributed by atoms with E-state index in [0.717, 1.165) is 0 Å². The summed E-state index contributed by atoms with van der Waals surface area (Å²) in [5, 5.41) is 6.27. The molecule has 56 valence electrons. The lowest BCUT2D eigenvalue weighted by Gasteiger charge is -1.94. The number of H-pyrrole nitrogens is 1. The number of alkyl halides is 1. The van der Waals surface area contributed by atoms with E-state index in [0.29, 0.717) is 17.7 Å². The molecular weight excluding hydrogens is 153 g/mol. The maximum absolute atomic E-state index is 11.6. The zero-order valence-electron chi connectivity index (χ0n) is 5.38. The molecule has 1 N–H and O–H groups in total. The third kappa shape index (κ3) is 1.63. The Morgan fingerprint density at radius 2 is 2.60 bits per heavy atom. The van der Waals surface area contributed by atoms with E-state index >= 15 is 0 Å². The summed E-state index contributed by atoms with van der Waals surface area (Å²) in [6.07, 6.45) is 2.06. The summed E-state index contributed by atoms with van der Waals surface area (Å²) in [5.74, 6) is 0. The Morgan fingerprint density at radius 3 is 3.10 bits per heavy atom. The first-order valence-electron chi connectivity index (χ1n) is 3.00. The van der Waals surface area contributed by atoms with Crippen LogP contribution < -0.4 is 0 Å². The molecular formula is C5H8FN3S. The molecule has 0 atom stereocenters. The van der Waals surface area contributed by atoms with Crippen LogP contribution in [-0.2, 0) is 6.54 Å². The summed E-state index contributed by atoms with van der Waals surface area (Å²) in [5.41, 5.74) is 0. The van der Waals surface area contributed by atoms with Crippen LogP contribution >= 0.6 is 12.2 Å². The van der Waals surface area contributed by atoms with Gasteiger partial charge in [-0.3, -0.25) is 9.49 Å². The van der Waals surface area contributed by atoms with Gasteiger partial charge >= 0.3 is 0 Å². The van der Waals surface area contributed by atoms with E-state index in [1.807, 2.05) is 0 Å². The molecule has 1 rings (SSSR count). The molecule has 0 amide bonds. The van der Waals surface area contributed by atoms with Crippen molar-refractivity contribution in [2.24, 2.45) is 0 Å². The van der Waals surface area contributed by atoms with E-state index in [9.17, 15) is 4.39 Å². The number of rotatable bonds is 3. The fourth-order valence-corrected chi connectivity index (χ4v) is 0.851. The standard InChI is InChI=1S/C5H8FN3S/c6-2-1-3-9-4-7-8-5(9)10/h4H,1-3H2,(H,8,10). The van der Waals surface area contributed by atoms with E-state index in [1.54, 1.807) is 10.9 Å². The van der Waals surface area contributed by atoms with Crippen LogP contribution in [0.4, 0.5) is 4.39 Å². The lowest BCUT2D eigenvalue weighted by atomic mass is 10.5. The highest BCUT2D eigenvalue weighted by Crippen LogP contribution is 1.91. The van der Waals surface area contributed by atoms with Gasteiger partial charge in [-0.2, -0.15) is 5.10 Å². The summed E-state index contributed by atoms with van der Waals surface area (Å²) in [6, 6.07) is 0. The Bertz CT molecular complexity index is 241. The van der Waals surface area contributed by atoms with Crippen LogP contribution in [0.5, 0.6) is 0 Å². The second-order valence-electron chi connectivity index (χ2n) is 1.90. The number of nitrogens with zero attached hydrogens (tertiary/aromatic N) is 2. The second kappa shape index (κ2) is 3.46. The van der Waals surface area contributed by atoms with Gasteiger partial charge in [0.05, 0.1) is 6.67 Å². The van der Waals surface area contributed by atoms with E-state index in [1.165, 1.54) is 0 Å². The Balaban J connectivity index is 2.57. The topological polar surface area (TPSA) is 33.6 Å². The van der Waals surface area contributed by atoms with E-state index in [2.05, 4.69) is 10.2 Å². The quantitative estimate of drug-likeness (QED) is 0.678. The Morgan fingerprint density at radius 1 is 1.80 bits per heavy atom. The molecule has 0 saturated carbocycles. The maximum Gasteiger partial charge on any atom is 0.194 e. The molecule has 0 saturated heterocycles. The molecule has 5 heteroatoms. The van der Waals surface area contributed by atoms with Crippen LogP contribution in [0.25, 0.3) is 0 Å². The van der Waals surface area contributed by atoms with Gasteiger partial charge in [-0.25, -0.2) is 0 Å². The fraction of sp³-hybridized carbons (Fsp3) is 0.600. The van der Waals surface area contributed by atoms with Gasteiger partial charge in [0, 0.05) is 6.54 Å². The summed E-state index contributed by atoms with van der Waals surface area (Å²) in [6.45, 7) is 0.290. The summed E-state index contributed by atoms with van der Waals surface area (Å²) in [4.78, 5) is 0. The SMILES string of the molecule is FCCCn1cn[nH]c1=S. The smallest absolute Gasteiger partial charge is 0.194 e. The van der Waals surface area contributed by atoms with Gasteiger partial charge in [0.1, 0.15) is 6.33 Å². The van der Waals surface area contributed by atoms with Gasteiger partial charge in [-0.1, -0.05) is 0 Å². The number of aryl methyl sites for hydroxylation is 1. The highest BCUT2D eigenvalue weighted by molar-refractivity contribution is 7.71. The van der Waals surface area contributed by atoms with Crippen molar-refractivity contribution in [2.75, 3.05) is 6.67 Å². The highest BCUT2D eigenvalue weighted by atomic mass is 32.1. The van der Waals surface area contributed by atoms with Crippen molar-refractivity contribution in [1.82, 2.24) is 14.8 Å². The first-order chi connectivity index (χ1) is 4.84. The van der Waals surface area contributed by atoms with Gasteiger partial charge in [-0.15, -0.1) is 0 Å². The number of hydrogen-bond donors (Lipinski definition) is 1. The molecule has 0 aromatic carbocycles. The molecule has 0 spiro atoms. The van der Waals surface area contributed by atoms with Crippen LogP contribution in [0.2, 0.25) is 0 Å². The fourth-order valence-electron chi connectivity index (χ4n) is 0.660. The third-order valence-electron chi connectivity index (χ3n) is 1.15. The maximum atomic E-state index is 11.6. The molecule has 1 aromatic heterocycles. The minimum absolute atomic E-state index is 0.313. The average molecular weight is 161 g/mol. The normalized spacial score (nSPS) is 10.1. The van der Waals surface area contributed by atoms with Crippen LogP contribution in [0.15, 0.2) is 6.33 Å². The number of halogens is 1. The second-order valence-corrected chi connectivity index (χ2v) is 2.28. The van der Waals surface area contributed by atoms with Crippen molar-refractivity contribution in [1.29, 1.82) is 0 Å². The third-order valence-corrected chi connectivity index (χ3v) is 1.48. The largest absolute Gasteiger partial charge is 0.307 e. The zero-order valence-corrected chi connectivity index (χ0v) is 6.20. The van der Waals surface area contributed by atoms with Crippen LogP contribution in [0.1, 0.15) is 6.42 Å². The molecule has 1 heterocycles. The number of aromatic nitrogens is 3. The van der Waals surface area contributed by atoms with E-state index in [4.69, 9.17) is 12.2 Å². The van der Waals surface area contributed by atoms with Crippen molar-refractivity contribution < 1.29 is 4.39 Å². The molecule has 0 radical (unpaired) electrons. The monoisotopic (exact) mass is 161 g/mol. The van der Waals surface area contributed by atoms with Crippen molar-refractivity contribution in [3.63, 3.8) is 0 Å². The first-order valence-corrected chi connectivity index (χ1v) is 3.41. The summed E-state index contributed by atoms with van der Waals surface area (Å²) in [7, 11) is 0. The van der Waals surface area contributed by atoms with Gasteiger partial charge in [0.25, 0.3) is 0 Å². The molecule has 0 unspecified atom stereocenters. The molecule has 0 aliphatic carbocycles. The summed E-state index contributed by atoms with van der Waals surface area (Å²) < 4.78 is 13.9. The molecule has 0 fully saturated rings. The van der Waals surface area contributed by atoms with Crippen molar-refractivity contribution in [2.45, 2.75) is 13.0 Å². The van der Waals surface area contributed by atoms with Crippen molar-refractivity contribution in [3.05, 3.63) is 11.1 Å². The zero-order chi connectivity index (χ0) is 7.40. The molecule has 0 aliphatic heterocycles. The molecule has 0 bridgehead atoms. The van der Waals surface area contributed by atoms with E-state index in [-0.39, 0.29) is 6.67 Å². The number of aromatic amines is 1. The van der Waals surface area contributed by atoms with Gasteiger partial charge in [0.15, 0.2) is 4.77 Å². The minimum Gasteiger partial charge on any atom is -0.307 e. The Hall–Kier alpha value is -0.710.